The summed E-state index contributed by atoms with van der Waals surface area (Å²) < 4.78 is 0. The summed E-state index contributed by atoms with van der Waals surface area (Å²) in [6, 6.07) is 2.03. The zero-order chi connectivity index (χ0) is 14.4. The smallest absolute Gasteiger partial charge is 0.307 e. The minimum Gasteiger partial charge on any atom is -0.481 e. The fourth-order valence-corrected chi connectivity index (χ4v) is 2.73. The van der Waals surface area contributed by atoms with Crippen LogP contribution in [0.25, 0.3) is 0 Å². The van der Waals surface area contributed by atoms with Crippen molar-refractivity contribution in [3.05, 3.63) is 0 Å². The summed E-state index contributed by atoms with van der Waals surface area (Å²) in [4.78, 5) is 25.4. The molecule has 0 aliphatic heterocycles. The Labute approximate surface area is 114 Å². The molecule has 1 aliphatic carbocycles. The molecule has 0 aromatic heterocycles. The van der Waals surface area contributed by atoms with Crippen molar-refractivity contribution in [2.24, 2.45) is 11.8 Å². The minimum absolute atomic E-state index is 0.00257. The Balaban J connectivity index is 2.81. The van der Waals surface area contributed by atoms with Gasteiger partial charge in [-0.3, -0.25) is 9.59 Å². The van der Waals surface area contributed by atoms with Crippen molar-refractivity contribution in [2.45, 2.75) is 52.0 Å². The molecule has 1 amide bonds. The molecule has 1 saturated carbocycles. The summed E-state index contributed by atoms with van der Waals surface area (Å²) in [5, 5.41) is 17.9. The number of hydrogen-bond acceptors (Lipinski definition) is 3. The van der Waals surface area contributed by atoms with E-state index in [4.69, 9.17) is 5.26 Å². The number of nitriles is 1. The summed E-state index contributed by atoms with van der Waals surface area (Å²) in [5.41, 5.74) is 0. The number of carboxylic acid groups (broad SMARTS) is 1. The molecule has 106 valence electrons. The Morgan fingerprint density at radius 2 is 1.89 bits per heavy atom. The molecule has 0 unspecified atom stereocenters. The van der Waals surface area contributed by atoms with Crippen LogP contribution in [0.15, 0.2) is 0 Å². The van der Waals surface area contributed by atoms with Crippen molar-refractivity contribution in [3.8, 4) is 6.07 Å². The first-order valence-corrected chi connectivity index (χ1v) is 6.89. The van der Waals surface area contributed by atoms with Gasteiger partial charge in [-0.15, -0.1) is 0 Å². The van der Waals surface area contributed by atoms with E-state index in [0.29, 0.717) is 19.4 Å². The van der Waals surface area contributed by atoms with E-state index in [1.165, 1.54) is 0 Å². The molecular formula is C14H22N2O3. The largest absolute Gasteiger partial charge is 0.481 e. The van der Waals surface area contributed by atoms with Crippen LogP contribution in [0, 0.1) is 23.2 Å². The second-order valence-electron chi connectivity index (χ2n) is 5.37. The van der Waals surface area contributed by atoms with E-state index in [1.54, 1.807) is 4.90 Å². The lowest BCUT2D eigenvalue weighted by Crippen LogP contribution is -2.45. The monoisotopic (exact) mass is 266 g/mol. The van der Waals surface area contributed by atoms with Crippen molar-refractivity contribution in [2.75, 3.05) is 6.54 Å². The zero-order valence-corrected chi connectivity index (χ0v) is 11.6. The molecule has 1 fully saturated rings. The summed E-state index contributed by atoms with van der Waals surface area (Å²) in [6.45, 7) is 4.18. The standard InChI is InChI=1S/C14H22N2O3/c1-10(2)16(9-5-8-15)13(17)11-6-3-4-7-12(11)14(18)19/h10-12H,3-7,9H2,1-2H3,(H,18,19)/t11-,12+/m1/s1. The van der Waals surface area contributed by atoms with Crippen LogP contribution in [0.1, 0.15) is 46.0 Å². The van der Waals surface area contributed by atoms with Crippen molar-refractivity contribution < 1.29 is 14.7 Å². The topological polar surface area (TPSA) is 81.4 Å². The predicted molar refractivity (Wildman–Crippen MR) is 70.2 cm³/mol. The number of carbonyl (C=O) groups is 2. The minimum atomic E-state index is -0.873. The van der Waals surface area contributed by atoms with Crippen molar-refractivity contribution in [3.63, 3.8) is 0 Å². The van der Waals surface area contributed by atoms with Crippen LogP contribution in [-0.4, -0.2) is 34.5 Å². The fraction of sp³-hybridized carbons (Fsp3) is 0.786. The molecular weight excluding hydrogens is 244 g/mol. The average Bonchev–Trinajstić information content (AvgIpc) is 2.38. The molecule has 0 bridgehead atoms. The van der Waals surface area contributed by atoms with Crippen LogP contribution < -0.4 is 0 Å². The van der Waals surface area contributed by atoms with E-state index in [-0.39, 0.29) is 18.4 Å². The third-order valence-corrected chi connectivity index (χ3v) is 3.77. The highest BCUT2D eigenvalue weighted by Gasteiger charge is 2.38. The Hall–Kier alpha value is -1.57. The van der Waals surface area contributed by atoms with Crippen molar-refractivity contribution in [1.29, 1.82) is 5.26 Å². The highest BCUT2D eigenvalue weighted by molar-refractivity contribution is 5.85. The van der Waals surface area contributed by atoms with Gasteiger partial charge in [-0.2, -0.15) is 5.26 Å². The summed E-state index contributed by atoms with van der Waals surface area (Å²) in [7, 11) is 0. The average molecular weight is 266 g/mol. The molecule has 1 aliphatic rings. The van der Waals surface area contributed by atoms with Crippen molar-refractivity contribution >= 4 is 11.9 Å². The van der Waals surface area contributed by atoms with Crippen LogP contribution in [-0.2, 0) is 9.59 Å². The van der Waals surface area contributed by atoms with Gasteiger partial charge < -0.3 is 10.0 Å². The summed E-state index contributed by atoms with van der Waals surface area (Å²) in [6.07, 6.45) is 3.29. The first-order valence-electron chi connectivity index (χ1n) is 6.89. The predicted octanol–water partition coefficient (Wildman–Crippen LogP) is 2.03. The van der Waals surface area contributed by atoms with Gasteiger partial charge in [0.1, 0.15) is 0 Å². The molecule has 0 saturated heterocycles. The molecule has 1 rings (SSSR count). The van der Waals surface area contributed by atoms with Gasteiger partial charge >= 0.3 is 5.97 Å². The maximum atomic E-state index is 12.5. The van der Waals surface area contributed by atoms with E-state index in [1.807, 2.05) is 19.9 Å². The molecule has 5 nitrogen and oxygen atoms in total. The number of carbonyl (C=O) groups excluding carboxylic acids is 1. The lowest BCUT2D eigenvalue weighted by molar-refractivity contribution is -0.153. The molecule has 0 spiro atoms. The highest BCUT2D eigenvalue weighted by atomic mass is 16.4. The van der Waals surface area contributed by atoms with E-state index >= 15 is 0 Å². The number of amides is 1. The molecule has 0 aromatic carbocycles. The Morgan fingerprint density at radius 1 is 1.32 bits per heavy atom. The van der Waals surface area contributed by atoms with Crippen LogP contribution in [0.3, 0.4) is 0 Å². The maximum Gasteiger partial charge on any atom is 0.307 e. The van der Waals surface area contributed by atoms with E-state index in [2.05, 4.69) is 0 Å². The quantitative estimate of drug-likeness (QED) is 0.825. The molecule has 0 aromatic rings. The lowest BCUT2D eigenvalue weighted by Gasteiger charge is -2.34. The van der Waals surface area contributed by atoms with E-state index < -0.39 is 17.8 Å². The van der Waals surface area contributed by atoms with Crippen LogP contribution >= 0.6 is 0 Å². The first kappa shape index (κ1) is 15.5. The van der Waals surface area contributed by atoms with Crippen LogP contribution in [0.2, 0.25) is 0 Å². The third-order valence-electron chi connectivity index (χ3n) is 3.77. The normalized spacial score (nSPS) is 22.8. The maximum absolute atomic E-state index is 12.5. The summed E-state index contributed by atoms with van der Waals surface area (Å²) in [5.74, 6) is -1.96. The molecule has 0 heterocycles. The second-order valence-corrected chi connectivity index (χ2v) is 5.37. The van der Waals surface area contributed by atoms with Gasteiger partial charge in [-0.1, -0.05) is 12.8 Å². The van der Waals surface area contributed by atoms with Gasteiger partial charge in [0, 0.05) is 12.6 Å². The number of aliphatic carboxylic acids is 1. The molecule has 2 atom stereocenters. The van der Waals surface area contributed by atoms with Gasteiger partial charge in [-0.05, 0) is 26.7 Å². The first-order chi connectivity index (χ1) is 8.99. The van der Waals surface area contributed by atoms with Crippen LogP contribution in [0.4, 0.5) is 0 Å². The van der Waals surface area contributed by atoms with Crippen LogP contribution in [0.5, 0.6) is 0 Å². The van der Waals surface area contributed by atoms with Gasteiger partial charge in [0.15, 0.2) is 0 Å². The number of hydrogen-bond donors (Lipinski definition) is 1. The Morgan fingerprint density at radius 3 is 2.37 bits per heavy atom. The van der Waals surface area contributed by atoms with Crippen molar-refractivity contribution in [1.82, 2.24) is 4.90 Å². The third kappa shape index (κ3) is 3.95. The molecule has 0 radical (unpaired) electrons. The SMILES string of the molecule is CC(C)N(CCC#N)C(=O)[C@@H]1CCCC[C@@H]1C(=O)O. The lowest BCUT2D eigenvalue weighted by atomic mass is 9.78. The van der Waals surface area contributed by atoms with Gasteiger partial charge in [-0.25, -0.2) is 0 Å². The molecule has 1 N–H and O–H groups in total. The Bertz CT molecular complexity index is 373. The second kappa shape index (κ2) is 7.13. The molecule has 19 heavy (non-hydrogen) atoms. The zero-order valence-electron chi connectivity index (χ0n) is 11.6. The highest BCUT2D eigenvalue weighted by Crippen LogP contribution is 2.32. The fourth-order valence-electron chi connectivity index (χ4n) is 2.73. The van der Waals surface area contributed by atoms with Gasteiger partial charge in [0.25, 0.3) is 0 Å². The Kier molecular flexibility index (Phi) is 5.81. The number of nitrogens with zero attached hydrogens (tertiary/aromatic N) is 2. The van der Waals surface area contributed by atoms with Gasteiger partial charge in [0.2, 0.25) is 5.91 Å². The van der Waals surface area contributed by atoms with E-state index in [9.17, 15) is 14.7 Å². The number of rotatable bonds is 5. The van der Waals surface area contributed by atoms with E-state index in [0.717, 1.165) is 12.8 Å². The molecule has 5 heteroatoms. The summed E-state index contributed by atoms with van der Waals surface area (Å²) >= 11 is 0. The van der Waals surface area contributed by atoms with Gasteiger partial charge in [0.05, 0.1) is 24.3 Å². The number of carboxylic acids is 1.